The molecule has 0 aliphatic carbocycles. The number of ether oxygens (including phenoxy) is 3. The molecule has 3 N–H and O–H groups in total. The number of epoxide rings is 1. The molecule has 2 fully saturated rings. The van der Waals surface area contributed by atoms with Crippen molar-refractivity contribution >= 4 is 23.5 Å². The van der Waals surface area contributed by atoms with Crippen LogP contribution in [0, 0.1) is 0 Å². The van der Waals surface area contributed by atoms with E-state index in [4.69, 9.17) is 14.2 Å². The molecule has 2 saturated heterocycles. The predicted molar refractivity (Wildman–Crippen MR) is 180 cm³/mol. The minimum Gasteiger partial charge on any atom is -0.497 e. The van der Waals surface area contributed by atoms with Gasteiger partial charge in [-0.2, -0.15) is 0 Å². The first-order chi connectivity index (χ1) is 23.1. The molecule has 254 valence electrons. The number of carbonyl (C=O) groups is 4. The topological polar surface area (TPSA) is 139 Å². The van der Waals surface area contributed by atoms with E-state index < -0.39 is 35.5 Å². The molecule has 0 radical (unpaired) electrons. The molecule has 48 heavy (non-hydrogen) atoms. The summed E-state index contributed by atoms with van der Waals surface area (Å²) in [6.45, 7) is 6.10. The van der Waals surface area contributed by atoms with Crippen molar-refractivity contribution in [2.24, 2.45) is 0 Å². The van der Waals surface area contributed by atoms with Crippen LogP contribution in [0.25, 0.3) is 11.1 Å². The maximum atomic E-state index is 14.0. The minimum absolute atomic E-state index is 0.147. The Morgan fingerprint density at radius 1 is 0.792 bits per heavy atom. The van der Waals surface area contributed by atoms with Crippen LogP contribution in [0.2, 0.25) is 0 Å². The molecule has 3 aromatic carbocycles. The summed E-state index contributed by atoms with van der Waals surface area (Å²) in [5.74, 6) is -0.911. The highest BCUT2D eigenvalue weighted by Crippen LogP contribution is 2.29. The van der Waals surface area contributed by atoms with E-state index in [1.165, 1.54) is 0 Å². The molecule has 2 aliphatic heterocycles. The van der Waals surface area contributed by atoms with Gasteiger partial charge in [0, 0.05) is 19.5 Å². The van der Waals surface area contributed by atoms with Gasteiger partial charge < -0.3 is 30.2 Å². The average Bonchev–Trinajstić information content (AvgIpc) is 3.86. The molecule has 2 aliphatic rings. The largest absolute Gasteiger partial charge is 0.497 e. The number of nitrogens with zero attached hydrogens (tertiary/aromatic N) is 1. The van der Waals surface area contributed by atoms with Crippen LogP contribution in [0.4, 0.5) is 0 Å². The Hall–Kier alpha value is -4.58. The second-order valence-electron chi connectivity index (χ2n) is 12.5. The van der Waals surface area contributed by atoms with Crippen LogP contribution >= 0.6 is 0 Å². The van der Waals surface area contributed by atoms with Crippen LogP contribution in [0.1, 0.15) is 25.0 Å². The van der Waals surface area contributed by atoms with Gasteiger partial charge in [-0.3, -0.25) is 24.1 Å². The summed E-state index contributed by atoms with van der Waals surface area (Å²) in [5, 5.41) is 8.48. The number of methoxy groups -OCH3 is 1. The Bertz CT molecular complexity index is 1550. The van der Waals surface area contributed by atoms with Crippen molar-refractivity contribution in [3.8, 4) is 16.9 Å². The molecule has 0 spiro atoms. The van der Waals surface area contributed by atoms with Gasteiger partial charge in [0.25, 0.3) is 0 Å². The van der Waals surface area contributed by atoms with E-state index >= 15 is 0 Å². The number of ketones is 1. The van der Waals surface area contributed by atoms with Gasteiger partial charge in [0.1, 0.15) is 23.4 Å². The summed E-state index contributed by atoms with van der Waals surface area (Å²) >= 11 is 0. The van der Waals surface area contributed by atoms with E-state index in [9.17, 15) is 19.2 Å². The number of rotatable bonds is 15. The van der Waals surface area contributed by atoms with Crippen LogP contribution in [0.15, 0.2) is 78.9 Å². The summed E-state index contributed by atoms with van der Waals surface area (Å²) in [4.78, 5) is 55.6. The van der Waals surface area contributed by atoms with E-state index in [2.05, 4.69) is 16.0 Å². The second-order valence-corrected chi connectivity index (χ2v) is 12.5. The van der Waals surface area contributed by atoms with Gasteiger partial charge in [-0.25, -0.2) is 0 Å². The van der Waals surface area contributed by atoms with Gasteiger partial charge in [0.05, 0.1) is 39.5 Å². The lowest BCUT2D eigenvalue weighted by atomic mass is 9.93. The summed E-state index contributed by atoms with van der Waals surface area (Å²) in [5.41, 5.74) is 2.78. The number of amides is 3. The molecule has 11 heteroatoms. The lowest BCUT2D eigenvalue weighted by Crippen LogP contribution is -2.57. The summed E-state index contributed by atoms with van der Waals surface area (Å²) < 4.78 is 16.1. The lowest BCUT2D eigenvalue weighted by molar-refractivity contribution is -0.134. The zero-order chi connectivity index (χ0) is 34.1. The van der Waals surface area contributed by atoms with Crippen molar-refractivity contribution < 1.29 is 33.4 Å². The Labute approximate surface area is 281 Å². The van der Waals surface area contributed by atoms with E-state index in [1.807, 2.05) is 71.6 Å². The third-order valence-electron chi connectivity index (χ3n) is 8.71. The maximum absolute atomic E-state index is 14.0. The molecule has 4 atom stereocenters. The summed E-state index contributed by atoms with van der Waals surface area (Å²) in [6, 6.07) is 22.2. The van der Waals surface area contributed by atoms with Crippen molar-refractivity contribution in [3.63, 3.8) is 0 Å². The highest BCUT2D eigenvalue weighted by molar-refractivity contribution is 5.98. The second kappa shape index (κ2) is 16.0. The SMILES string of the molecule is COc1ccc(C[C@H](NC(=O)[C@H](C)NC(=O)CN2CCOCC2)C(=O)N[C@@H](Cc2ccc(-c3ccccc3)cc2)C(=O)[C@@]2(C)CO2)cc1. The smallest absolute Gasteiger partial charge is 0.243 e. The van der Waals surface area contributed by atoms with Gasteiger partial charge in [0.15, 0.2) is 5.78 Å². The standard InChI is InChI=1S/C37H44N4O7/c1-25(38-33(42)23-41-17-19-47-20-18-41)35(44)40-32(22-27-11-15-30(46-3)16-12-27)36(45)39-31(34(43)37(2)24-48-37)21-26-9-13-29(14-10-26)28-7-5-4-6-8-28/h4-16,25,31-32H,17-24H2,1-3H3,(H,38,42)(H,39,45)(H,40,44)/t25-,31-,32-,37+/m0/s1. The first-order valence-electron chi connectivity index (χ1n) is 16.3. The highest BCUT2D eigenvalue weighted by Gasteiger charge is 2.50. The average molecular weight is 657 g/mol. The van der Waals surface area contributed by atoms with E-state index in [-0.39, 0.29) is 37.7 Å². The zero-order valence-corrected chi connectivity index (χ0v) is 27.7. The van der Waals surface area contributed by atoms with Crippen molar-refractivity contribution in [1.29, 1.82) is 0 Å². The third kappa shape index (κ3) is 9.50. The Kier molecular flexibility index (Phi) is 11.6. The summed E-state index contributed by atoms with van der Waals surface area (Å²) in [7, 11) is 1.57. The van der Waals surface area contributed by atoms with Gasteiger partial charge in [-0.1, -0.05) is 66.7 Å². The van der Waals surface area contributed by atoms with E-state index in [1.54, 1.807) is 33.1 Å². The van der Waals surface area contributed by atoms with Crippen molar-refractivity contribution in [1.82, 2.24) is 20.9 Å². The predicted octanol–water partition coefficient (Wildman–Crippen LogP) is 2.31. The molecule has 0 bridgehead atoms. The number of nitrogens with one attached hydrogen (secondary N) is 3. The van der Waals surface area contributed by atoms with Crippen LogP contribution in [-0.4, -0.2) is 98.7 Å². The minimum atomic E-state index is -1.03. The molecule has 0 saturated carbocycles. The molecule has 2 heterocycles. The van der Waals surface area contributed by atoms with Crippen LogP contribution in [-0.2, 0) is 41.5 Å². The number of benzene rings is 3. The number of carbonyl (C=O) groups excluding carboxylic acids is 4. The molecule has 5 rings (SSSR count). The fourth-order valence-corrected chi connectivity index (χ4v) is 5.62. The monoisotopic (exact) mass is 656 g/mol. The molecule has 0 unspecified atom stereocenters. The normalized spacial score (nSPS) is 19.3. The molecule has 3 aromatic rings. The first kappa shape index (κ1) is 34.7. The third-order valence-corrected chi connectivity index (χ3v) is 8.71. The quantitative estimate of drug-likeness (QED) is 0.212. The number of hydrogen-bond acceptors (Lipinski definition) is 8. The van der Waals surface area contributed by atoms with Crippen LogP contribution in [0.3, 0.4) is 0 Å². The van der Waals surface area contributed by atoms with Crippen LogP contribution in [0.5, 0.6) is 5.75 Å². The van der Waals surface area contributed by atoms with Crippen molar-refractivity contribution in [2.45, 2.75) is 50.4 Å². The Morgan fingerprint density at radius 2 is 1.35 bits per heavy atom. The number of morpholine rings is 1. The number of hydrogen-bond donors (Lipinski definition) is 3. The fourth-order valence-electron chi connectivity index (χ4n) is 5.62. The lowest BCUT2D eigenvalue weighted by Gasteiger charge is -2.27. The molecular formula is C37H44N4O7. The van der Waals surface area contributed by atoms with Crippen molar-refractivity contribution in [2.75, 3.05) is 46.6 Å². The number of Topliss-reactive ketones (excluding diaryl/α,β-unsaturated/α-hetero) is 1. The fraction of sp³-hybridized carbons (Fsp3) is 0.405. The first-order valence-corrected chi connectivity index (χ1v) is 16.3. The maximum Gasteiger partial charge on any atom is 0.243 e. The highest BCUT2D eigenvalue weighted by atomic mass is 16.6. The summed E-state index contributed by atoms with van der Waals surface area (Å²) in [6.07, 6.45) is 0.395. The van der Waals surface area contributed by atoms with E-state index in [0.29, 0.717) is 32.1 Å². The van der Waals surface area contributed by atoms with Gasteiger partial charge in [-0.05, 0) is 54.7 Å². The molecular weight excluding hydrogens is 612 g/mol. The van der Waals surface area contributed by atoms with Gasteiger partial charge >= 0.3 is 0 Å². The zero-order valence-electron chi connectivity index (χ0n) is 27.7. The molecule has 11 nitrogen and oxygen atoms in total. The van der Waals surface area contributed by atoms with Crippen LogP contribution < -0.4 is 20.7 Å². The van der Waals surface area contributed by atoms with Gasteiger partial charge in [-0.15, -0.1) is 0 Å². The Morgan fingerprint density at radius 3 is 1.96 bits per heavy atom. The Balaban J connectivity index is 1.30. The van der Waals surface area contributed by atoms with Gasteiger partial charge in [0.2, 0.25) is 17.7 Å². The van der Waals surface area contributed by atoms with E-state index in [0.717, 1.165) is 22.3 Å². The molecule has 3 amide bonds. The molecule has 0 aromatic heterocycles. The van der Waals surface area contributed by atoms with Crippen molar-refractivity contribution in [3.05, 3.63) is 90.0 Å².